The molecule has 8 nitrogen and oxygen atoms in total. The number of phenols is 1. The van der Waals surface area contributed by atoms with Gasteiger partial charge in [0.1, 0.15) is 11.5 Å². The van der Waals surface area contributed by atoms with Crippen LogP contribution in [0.3, 0.4) is 0 Å². The van der Waals surface area contributed by atoms with Gasteiger partial charge in [-0.2, -0.15) is 0 Å². The third kappa shape index (κ3) is 4.51. The van der Waals surface area contributed by atoms with Crippen LogP contribution in [0.25, 0.3) is 21.9 Å². The number of pyridine rings is 2. The van der Waals surface area contributed by atoms with Crippen LogP contribution < -0.4 is 15.6 Å². The number of hydrogen-bond acceptors (Lipinski definition) is 7. The number of hydrogen-bond donors (Lipinski definition) is 2. The van der Waals surface area contributed by atoms with Crippen LogP contribution in [0.5, 0.6) is 11.5 Å². The Balaban J connectivity index is 1.17. The average molecular weight is 504 g/mol. The fourth-order valence-electron chi connectivity index (χ4n) is 6.73. The zero-order valence-corrected chi connectivity index (χ0v) is 21.9. The number of aromatic nitrogens is 2. The highest BCUT2D eigenvalue weighted by molar-refractivity contribution is 5.97. The summed E-state index contributed by atoms with van der Waals surface area (Å²) in [7, 11) is 3.38. The second-order valence-corrected chi connectivity index (χ2v) is 11.2. The van der Waals surface area contributed by atoms with E-state index in [1.54, 1.807) is 43.4 Å². The van der Waals surface area contributed by atoms with E-state index in [-0.39, 0.29) is 11.3 Å². The van der Waals surface area contributed by atoms with Crippen LogP contribution in [0.4, 0.5) is 0 Å². The largest absolute Gasteiger partial charge is 0.508 e. The zero-order chi connectivity index (χ0) is 25.6. The van der Waals surface area contributed by atoms with Gasteiger partial charge in [-0.05, 0) is 67.8 Å². The van der Waals surface area contributed by atoms with Crippen molar-refractivity contribution >= 4 is 10.8 Å². The molecule has 0 amide bonds. The summed E-state index contributed by atoms with van der Waals surface area (Å²) in [5, 5.41) is 15.9. The van der Waals surface area contributed by atoms with Crippen molar-refractivity contribution in [2.45, 2.75) is 38.3 Å². The molecule has 6 rings (SSSR count). The molecule has 2 aromatic heterocycles. The lowest BCUT2D eigenvalue weighted by atomic mass is 9.60. The Morgan fingerprint density at radius 2 is 1.86 bits per heavy atom. The molecule has 3 aromatic rings. The van der Waals surface area contributed by atoms with E-state index in [2.05, 4.69) is 20.1 Å². The Kier molecular flexibility index (Phi) is 6.42. The van der Waals surface area contributed by atoms with Gasteiger partial charge in [0, 0.05) is 81.1 Å². The Hall–Kier alpha value is -2.94. The summed E-state index contributed by atoms with van der Waals surface area (Å²) in [6.45, 7) is 7.25. The first kappa shape index (κ1) is 24.4. The standard InChI is InChI=1S/C29H37N5O3/c1-32-19-25(22-3-6-31-17-24(22)28(32)36)23-14-26(35)20(13-27(23)37-2)18-33-9-11-34(12-10-33)21-15-29(16-21)4-7-30-8-5-29/h3,6,13-14,17,19,21,30,35H,4-5,7-12,15-16,18H2,1-2H3. The molecule has 2 saturated heterocycles. The maximum absolute atomic E-state index is 12.6. The minimum absolute atomic E-state index is 0.0985. The smallest absolute Gasteiger partial charge is 0.259 e. The van der Waals surface area contributed by atoms with E-state index in [0.717, 1.165) is 54.3 Å². The van der Waals surface area contributed by atoms with Crippen molar-refractivity contribution < 1.29 is 9.84 Å². The molecule has 0 unspecified atom stereocenters. The first-order valence-electron chi connectivity index (χ1n) is 13.5. The van der Waals surface area contributed by atoms with Crippen LogP contribution in [-0.4, -0.2) is 76.9 Å². The number of methoxy groups -OCH3 is 1. The number of piperidine rings is 1. The fourth-order valence-corrected chi connectivity index (χ4v) is 6.73. The summed E-state index contributed by atoms with van der Waals surface area (Å²) in [6.07, 6.45) is 10.5. The molecular formula is C29H37N5O3. The van der Waals surface area contributed by atoms with E-state index >= 15 is 0 Å². The molecular weight excluding hydrogens is 466 g/mol. The SMILES string of the molecule is COc1cc(CN2CCN(C3CC4(CCNCC4)C3)CC2)c(O)cc1-c1cn(C)c(=O)c2cnccc12. The summed E-state index contributed by atoms with van der Waals surface area (Å²) in [5.74, 6) is 0.936. The van der Waals surface area contributed by atoms with Crippen molar-refractivity contribution in [1.82, 2.24) is 24.7 Å². The molecule has 4 heterocycles. The highest BCUT2D eigenvalue weighted by atomic mass is 16.5. The second-order valence-electron chi connectivity index (χ2n) is 11.2. The number of piperazine rings is 1. The number of fused-ring (bicyclic) bond motifs is 1. The highest BCUT2D eigenvalue weighted by Crippen LogP contribution is 2.50. The number of nitrogens with one attached hydrogen (secondary N) is 1. The average Bonchev–Trinajstić information content (AvgIpc) is 2.91. The van der Waals surface area contributed by atoms with Gasteiger partial charge in [0.15, 0.2) is 0 Å². The molecule has 1 saturated carbocycles. The van der Waals surface area contributed by atoms with Crippen LogP contribution in [0.15, 0.2) is 41.6 Å². The van der Waals surface area contributed by atoms with Gasteiger partial charge in [0.05, 0.1) is 12.5 Å². The topological polar surface area (TPSA) is 82.9 Å². The van der Waals surface area contributed by atoms with Gasteiger partial charge in [0.25, 0.3) is 5.56 Å². The van der Waals surface area contributed by atoms with Gasteiger partial charge < -0.3 is 19.7 Å². The number of rotatable bonds is 5. The predicted octanol–water partition coefficient (Wildman–Crippen LogP) is 2.96. The van der Waals surface area contributed by atoms with E-state index in [9.17, 15) is 9.90 Å². The molecule has 3 aliphatic rings. The van der Waals surface area contributed by atoms with Gasteiger partial charge in [-0.3, -0.25) is 19.6 Å². The third-order valence-corrected chi connectivity index (χ3v) is 8.99. The lowest BCUT2D eigenvalue weighted by molar-refractivity contribution is -0.0386. The molecule has 1 aromatic carbocycles. The van der Waals surface area contributed by atoms with Crippen LogP contribution >= 0.6 is 0 Å². The Bertz CT molecular complexity index is 1350. The van der Waals surface area contributed by atoms with Crippen molar-refractivity contribution in [2.24, 2.45) is 12.5 Å². The number of nitrogens with zero attached hydrogens (tertiary/aromatic N) is 4. The van der Waals surface area contributed by atoms with Crippen molar-refractivity contribution in [2.75, 3.05) is 46.4 Å². The van der Waals surface area contributed by atoms with Gasteiger partial charge in [-0.1, -0.05) is 0 Å². The van der Waals surface area contributed by atoms with Crippen molar-refractivity contribution in [3.63, 3.8) is 0 Å². The molecule has 1 aliphatic carbocycles. The first-order chi connectivity index (χ1) is 18.0. The van der Waals surface area contributed by atoms with Gasteiger partial charge in [0.2, 0.25) is 0 Å². The van der Waals surface area contributed by atoms with E-state index in [4.69, 9.17) is 4.74 Å². The summed E-state index contributed by atoms with van der Waals surface area (Å²) < 4.78 is 7.34. The minimum atomic E-state index is -0.0985. The summed E-state index contributed by atoms with van der Waals surface area (Å²) in [5.41, 5.74) is 2.97. The van der Waals surface area contributed by atoms with Gasteiger partial charge in [-0.25, -0.2) is 0 Å². The quantitative estimate of drug-likeness (QED) is 0.554. The number of ether oxygens (including phenoxy) is 1. The normalized spacial score (nSPS) is 20.8. The molecule has 196 valence electrons. The molecule has 8 heteroatoms. The van der Waals surface area contributed by atoms with E-state index in [1.165, 1.54) is 38.8 Å². The van der Waals surface area contributed by atoms with Crippen LogP contribution in [0.1, 0.15) is 31.2 Å². The zero-order valence-electron chi connectivity index (χ0n) is 21.9. The predicted molar refractivity (Wildman–Crippen MR) is 145 cm³/mol. The lowest BCUT2D eigenvalue weighted by Gasteiger charge is -2.55. The lowest BCUT2D eigenvalue weighted by Crippen LogP contribution is -2.58. The highest BCUT2D eigenvalue weighted by Gasteiger charge is 2.46. The second kappa shape index (κ2) is 9.74. The third-order valence-electron chi connectivity index (χ3n) is 8.99. The monoisotopic (exact) mass is 503 g/mol. The maximum atomic E-state index is 12.6. The first-order valence-corrected chi connectivity index (χ1v) is 13.5. The molecule has 0 bridgehead atoms. The van der Waals surface area contributed by atoms with Gasteiger partial charge >= 0.3 is 0 Å². The van der Waals surface area contributed by atoms with Crippen LogP contribution in [-0.2, 0) is 13.6 Å². The van der Waals surface area contributed by atoms with Crippen LogP contribution in [0.2, 0.25) is 0 Å². The fraction of sp³-hybridized carbons (Fsp3) is 0.517. The summed E-state index contributed by atoms with van der Waals surface area (Å²) >= 11 is 0. The molecule has 2 N–H and O–H groups in total. The van der Waals surface area contributed by atoms with Crippen molar-refractivity contribution in [3.05, 3.63) is 52.7 Å². The Labute approximate surface area is 217 Å². The number of aryl methyl sites for hydroxylation is 1. The van der Waals surface area contributed by atoms with Gasteiger partial charge in [-0.15, -0.1) is 0 Å². The van der Waals surface area contributed by atoms with Crippen molar-refractivity contribution in [3.8, 4) is 22.6 Å². The molecule has 2 aliphatic heterocycles. The molecule has 1 spiro atoms. The molecule has 0 radical (unpaired) electrons. The Morgan fingerprint density at radius 3 is 2.59 bits per heavy atom. The molecule has 37 heavy (non-hydrogen) atoms. The molecule has 3 fully saturated rings. The molecule has 0 atom stereocenters. The van der Waals surface area contributed by atoms with E-state index in [1.807, 2.05) is 12.1 Å². The summed E-state index contributed by atoms with van der Waals surface area (Å²) in [4.78, 5) is 21.9. The summed E-state index contributed by atoms with van der Waals surface area (Å²) in [6, 6.07) is 6.31. The van der Waals surface area contributed by atoms with Crippen LogP contribution in [0, 0.1) is 5.41 Å². The van der Waals surface area contributed by atoms with Crippen molar-refractivity contribution in [1.29, 1.82) is 0 Å². The minimum Gasteiger partial charge on any atom is -0.508 e. The van der Waals surface area contributed by atoms with E-state index in [0.29, 0.717) is 23.1 Å². The maximum Gasteiger partial charge on any atom is 0.259 e. The Morgan fingerprint density at radius 1 is 1.11 bits per heavy atom. The number of phenolic OH excluding ortho intramolecular Hbond substituents is 1. The number of benzene rings is 1. The number of aromatic hydroxyl groups is 1. The van der Waals surface area contributed by atoms with E-state index < -0.39 is 0 Å².